The molecule has 1 fully saturated rings. The average Bonchev–Trinajstić information content (AvgIpc) is 2.47. The molecule has 0 aliphatic carbocycles. The Kier molecular flexibility index (Phi) is 5.02. The largest absolute Gasteiger partial charge is 0.405 e. The molecule has 1 aromatic carbocycles. The van der Waals surface area contributed by atoms with E-state index in [0.717, 1.165) is 5.56 Å². The lowest BCUT2D eigenvalue weighted by Gasteiger charge is -2.34. The van der Waals surface area contributed by atoms with Gasteiger partial charge in [0, 0.05) is 6.54 Å². The van der Waals surface area contributed by atoms with E-state index in [1.165, 1.54) is 4.90 Å². The van der Waals surface area contributed by atoms with Crippen LogP contribution in [0.25, 0.3) is 0 Å². The Hall–Kier alpha value is -2.09. The summed E-state index contributed by atoms with van der Waals surface area (Å²) in [6.07, 6.45) is -4.50. The predicted octanol–water partition coefficient (Wildman–Crippen LogP) is 1.09. The van der Waals surface area contributed by atoms with E-state index in [9.17, 15) is 22.8 Å². The summed E-state index contributed by atoms with van der Waals surface area (Å²) >= 11 is 0. The first-order chi connectivity index (χ1) is 10.4. The summed E-state index contributed by atoms with van der Waals surface area (Å²) in [6.45, 7) is -1.60. The molecule has 1 N–H and O–H groups in total. The molecule has 0 bridgehead atoms. The minimum Gasteiger partial charge on any atom is -0.369 e. The Bertz CT molecular complexity index is 534. The SMILES string of the molecule is O=C(NCC(F)(F)F)[C@H]1COCC(=O)N1Cc1ccccc1. The maximum Gasteiger partial charge on any atom is 0.405 e. The average molecular weight is 316 g/mol. The van der Waals surface area contributed by atoms with Crippen LogP contribution < -0.4 is 5.32 Å². The molecular formula is C14H15F3N2O3. The number of benzene rings is 1. The van der Waals surface area contributed by atoms with E-state index >= 15 is 0 Å². The van der Waals surface area contributed by atoms with Gasteiger partial charge in [0.1, 0.15) is 19.2 Å². The highest BCUT2D eigenvalue weighted by Crippen LogP contribution is 2.16. The number of hydrogen-bond acceptors (Lipinski definition) is 3. The van der Waals surface area contributed by atoms with E-state index in [-0.39, 0.29) is 19.8 Å². The van der Waals surface area contributed by atoms with Crippen LogP contribution in [0.15, 0.2) is 30.3 Å². The maximum absolute atomic E-state index is 12.2. The van der Waals surface area contributed by atoms with Crippen LogP contribution in [0.1, 0.15) is 5.56 Å². The molecule has 1 atom stereocenters. The van der Waals surface area contributed by atoms with Crippen LogP contribution in [-0.4, -0.2) is 48.7 Å². The van der Waals surface area contributed by atoms with Crippen molar-refractivity contribution in [2.75, 3.05) is 19.8 Å². The fraction of sp³-hybridized carbons (Fsp3) is 0.429. The van der Waals surface area contributed by atoms with Gasteiger partial charge in [-0.2, -0.15) is 13.2 Å². The summed E-state index contributed by atoms with van der Waals surface area (Å²) in [5.74, 6) is -1.30. The summed E-state index contributed by atoms with van der Waals surface area (Å²) < 4.78 is 41.5. The second-order valence-electron chi connectivity index (χ2n) is 4.87. The van der Waals surface area contributed by atoms with E-state index in [4.69, 9.17) is 4.74 Å². The Morgan fingerprint density at radius 1 is 1.32 bits per heavy atom. The number of hydrogen-bond donors (Lipinski definition) is 1. The van der Waals surface area contributed by atoms with Crippen molar-refractivity contribution in [3.63, 3.8) is 0 Å². The lowest BCUT2D eigenvalue weighted by molar-refractivity contribution is -0.158. The highest BCUT2D eigenvalue weighted by molar-refractivity contribution is 5.89. The fourth-order valence-electron chi connectivity index (χ4n) is 2.11. The number of rotatable bonds is 4. The van der Waals surface area contributed by atoms with Gasteiger partial charge in [0.05, 0.1) is 6.61 Å². The maximum atomic E-state index is 12.2. The van der Waals surface area contributed by atoms with Crippen LogP contribution in [-0.2, 0) is 20.9 Å². The van der Waals surface area contributed by atoms with Crippen molar-refractivity contribution in [1.82, 2.24) is 10.2 Å². The van der Waals surface area contributed by atoms with Crippen LogP contribution in [0.4, 0.5) is 13.2 Å². The molecule has 0 aromatic heterocycles. The molecule has 1 aliphatic heterocycles. The Labute approximate surface area is 125 Å². The number of carbonyl (C=O) groups is 2. The summed E-state index contributed by atoms with van der Waals surface area (Å²) in [5, 5.41) is 1.79. The minimum absolute atomic E-state index is 0.123. The van der Waals surface area contributed by atoms with E-state index in [2.05, 4.69) is 0 Å². The second kappa shape index (κ2) is 6.78. The molecule has 0 saturated carbocycles. The van der Waals surface area contributed by atoms with E-state index < -0.39 is 30.6 Å². The zero-order valence-corrected chi connectivity index (χ0v) is 11.6. The first kappa shape index (κ1) is 16.3. The van der Waals surface area contributed by atoms with Crippen LogP contribution in [0.3, 0.4) is 0 Å². The van der Waals surface area contributed by atoms with Gasteiger partial charge in [0.25, 0.3) is 0 Å². The van der Waals surface area contributed by atoms with Crippen LogP contribution in [0, 0.1) is 0 Å². The molecule has 2 amide bonds. The molecule has 1 saturated heterocycles. The van der Waals surface area contributed by atoms with Crippen molar-refractivity contribution in [2.24, 2.45) is 0 Å². The van der Waals surface area contributed by atoms with Crippen molar-refractivity contribution < 1.29 is 27.5 Å². The quantitative estimate of drug-likeness (QED) is 0.905. The van der Waals surface area contributed by atoms with Gasteiger partial charge < -0.3 is 15.0 Å². The number of ether oxygens (including phenoxy) is 1. The number of morpholine rings is 1. The van der Waals surface area contributed by atoms with Crippen molar-refractivity contribution >= 4 is 11.8 Å². The topological polar surface area (TPSA) is 58.6 Å². The smallest absolute Gasteiger partial charge is 0.369 e. The lowest BCUT2D eigenvalue weighted by Crippen LogP contribution is -2.56. The Morgan fingerprint density at radius 3 is 2.64 bits per heavy atom. The van der Waals surface area contributed by atoms with E-state index in [1.807, 2.05) is 0 Å². The molecule has 5 nitrogen and oxygen atoms in total. The van der Waals surface area contributed by atoms with E-state index in [1.54, 1.807) is 35.6 Å². The van der Waals surface area contributed by atoms with Gasteiger partial charge in [-0.3, -0.25) is 9.59 Å². The lowest BCUT2D eigenvalue weighted by atomic mass is 10.1. The van der Waals surface area contributed by atoms with Gasteiger partial charge >= 0.3 is 6.18 Å². The molecule has 2 rings (SSSR count). The molecule has 8 heteroatoms. The number of nitrogens with one attached hydrogen (secondary N) is 1. The third-order valence-corrected chi connectivity index (χ3v) is 3.16. The summed E-state index contributed by atoms with van der Waals surface area (Å²) in [4.78, 5) is 25.1. The van der Waals surface area contributed by atoms with Crippen LogP contribution in [0.2, 0.25) is 0 Å². The highest BCUT2D eigenvalue weighted by Gasteiger charge is 2.36. The van der Waals surface area contributed by atoms with Gasteiger partial charge in [0.2, 0.25) is 11.8 Å². The number of alkyl halides is 3. The number of carbonyl (C=O) groups excluding carboxylic acids is 2. The van der Waals surface area contributed by atoms with Gasteiger partial charge in [0.15, 0.2) is 0 Å². The van der Waals surface area contributed by atoms with Crippen molar-refractivity contribution in [1.29, 1.82) is 0 Å². The predicted molar refractivity (Wildman–Crippen MR) is 70.7 cm³/mol. The first-order valence-electron chi connectivity index (χ1n) is 6.62. The third-order valence-electron chi connectivity index (χ3n) is 3.16. The highest BCUT2D eigenvalue weighted by atomic mass is 19.4. The first-order valence-corrected chi connectivity index (χ1v) is 6.62. The van der Waals surface area contributed by atoms with Crippen LogP contribution >= 0.6 is 0 Å². The van der Waals surface area contributed by atoms with Gasteiger partial charge in [-0.15, -0.1) is 0 Å². The molecule has 1 heterocycles. The molecule has 0 spiro atoms. The molecule has 0 unspecified atom stereocenters. The summed E-state index contributed by atoms with van der Waals surface area (Å²) in [5.41, 5.74) is 0.784. The molecule has 120 valence electrons. The minimum atomic E-state index is -4.50. The fourth-order valence-corrected chi connectivity index (χ4v) is 2.11. The van der Waals surface area contributed by atoms with Gasteiger partial charge in [-0.05, 0) is 5.56 Å². The Balaban J connectivity index is 2.06. The molecule has 22 heavy (non-hydrogen) atoms. The van der Waals surface area contributed by atoms with E-state index in [0.29, 0.717) is 0 Å². The van der Waals surface area contributed by atoms with Gasteiger partial charge in [-0.25, -0.2) is 0 Å². The monoisotopic (exact) mass is 316 g/mol. The number of nitrogens with zero attached hydrogens (tertiary/aromatic N) is 1. The zero-order chi connectivity index (χ0) is 16.2. The van der Waals surface area contributed by atoms with Crippen LogP contribution in [0.5, 0.6) is 0 Å². The molecule has 0 radical (unpaired) electrons. The summed E-state index contributed by atoms with van der Waals surface area (Å²) in [7, 11) is 0. The second-order valence-corrected chi connectivity index (χ2v) is 4.87. The number of halogens is 3. The summed E-state index contributed by atoms with van der Waals surface area (Å²) in [6, 6.07) is 7.83. The van der Waals surface area contributed by atoms with Crippen molar-refractivity contribution in [3.05, 3.63) is 35.9 Å². The Morgan fingerprint density at radius 2 is 2.00 bits per heavy atom. The normalized spacial score (nSPS) is 19.1. The molecular weight excluding hydrogens is 301 g/mol. The molecule has 1 aliphatic rings. The van der Waals surface area contributed by atoms with Crippen molar-refractivity contribution in [3.8, 4) is 0 Å². The third kappa shape index (κ3) is 4.45. The van der Waals surface area contributed by atoms with Gasteiger partial charge in [-0.1, -0.05) is 30.3 Å². The molecule has 1 aromatic rings. The zero-order valence-electron chi connectivity index (χ0n) is 11.6. The van der Waals surface area contributed by atoms with Crippen molar-refractivity contribution in [2.45, 2.75) is 18.8 Å². The number of amides is 2. The standard InChI is InChI=1S/C14H15F3N2O3/c15-14(16,17)9-18-13(21)11-7-22-8-12(20)19(11)6-10-4-2-1-3-5-10/h1-5,11H,6-9H2,(H,18,21)/t11-/m1/s1.